The first-order chi connectivity index (χ1) is 14.1. The summed E-state index contributed by atoms with van der Waals surface area (Å²) in [5, 5.41) is 2.81. The average molecular weight is 404 g/mol. The fourth-order valence-electron chi connectivity index (χ4n) is 3.29. The Labute approximate surface area is 172 Å². The van der Waals surface area contributed by atoms with Gasteiger partial charge in [0.15, 0.2) is 0 Å². The molecule has 2 heterocycles. The summed E-state index contributed by atoms with van der Waals surface area (Å²) in [5.74, 6) is 0.560. The fourth-order valence-corrected chi connectivity index (χ4v) is 3.96. The van der Waals surface area contributed by atoms with E-state index in [1.54, 1.807) is 30.2 Å². The van der Waals surface area contributed by atoms with Crippen LogP contribution >= 0.6 is 11.3 Å². The molecule has 0 unspecified atom stereocenters. The van der Waals surface area contributed by atoms with Crippen LogP contribution in [0.3, 0.4) is 0 Å². The number of amides is 1. The summed E-state index contributed by atoms with van der Waals surface area (Å²) in [6.45, 7) is 2.13. The lowest BCUT2D eigenvalue weighted by atomic mass is 10.1. The largest absolute Gasteiger partial charge is 0.497 e. The molecular formula is C23H20N2O3S. The molecule has 0 aliphatic heterocycles. The molecule has 2 aromatic heterocycles. The van der Waals surface area contributed by atoms with E-state index in [9.17, 15) is 9.59 Å². The molecule has 0 radical (unpaired) electrons. The maximum absolute atomic E-state index is 13.2. The van der Waals surface area contributed by atoms with Gasteiger partial charge >= 0.3 is 0 Å². The quantitative estimate of drug-likeness (QED) is 0.522. The van der Waals surface area contributed by atoms with E-state index in [-0.39, 0.29) is 18.0 Å². The van der Waals surface area contributed by atoms with E-state index in [1.807, 2.05) is 54.8 Å². The van der Waals surface area contributed by atoms with Crippen molar-refractivity contribution in [3.05, 3.63) is 92.4 Å². The molecule has 0 saturated heterocycles. The van der Waals surface area contributed by atoms with Gasteiger partial charge in [-0.25, -0.2) is 0 Å². The minimum atomic E-state index is -0.190. The zero-order valence-electron chi connectivity index (χ0n) is 16.1. The molecule has 2 aromatic carbocycles. The predicted octanol–water partition coefficient (Wildman–Crippen LogP) is 4.75. The molecule has 0 bridgehead atoms. The van der Waals surface area contributed by atoms with Crippen molar-refractivity contribution in [3.63, 3.8) is 0 Å². The van der Waals surface area contributed by atoms with Gasteiger partial charge < -0.3 is 14.6 Å². The minimum Gasteiger partial charge on any atom is -0.497 e. The van der Waals surface area contributed by atoms with Gasteiger partial charge in [-0.15, -0.1) is 11.3 Å². The number of ether oxygens (including phenoxy) is 1. The van der Waals surface area contributed by atoms with Crippen molar-refractivity contribution < 1.29 is 9.53 Å². The molecule has 4 rings (SSSR count). The van der Waals surface area contributed by atoms with Gasteiger partial charge in [-0.05, 0) is 59.7 Å². The van der Waals surface area contributed by atoms with Crippen LogP contribution in [0.25, 0.3) is 10.9 Å². The second kappa shape index (κ2) is 7.93. The zero-order valence-corrected chi connectivity index (χ0v) is 17.0. The first-order valence-electron chi connectivity index (χ1n) is 9.18. The number of H-pyrrole nitrogens is 1. The number of aromatic amines is 1. The highest BCUT2D eigenvalue weighted by Crippen LogP contribution is 2.25. The molecule has 1 amide bonds. The number of benzene rings is 2. The smallest absolute Gasteiger partial charge is 0.268 e. The number of carbonyl (C=O) groups excluding carboxylic acids is 1. The monoisotopic (exact) mass is 404 g/mol. The molecular weight excluding hydrogens is 384 g/mol. The number of fused-ring (bicyclic) bond motifs is 1. The first-order valence-corrected chi connectivity index (χ1v) is 10.1. The summed E-state index contributed by atoms with van der Waals surface area (Å²) in [5.41, 5.74) is 2.87. The second-order valence-electron chi connectivity index (χ2n) is 6.73. The molecule has 6 heteroatoms. The Hall–Kier alpha value is -3.38. The average Bonchev–Trinajstić information content (AvgIpc) is 3.28. The van der Waals surface area contributed by atoms with Gasteiger partial charge in [-0.2, -0.15) is 0 Å². The van der Waals surface area contributed by atoms with E-state index in [4.69, 9.17) is 4.74 Å². The third-order valence-electron chi connectivity index (χ3n) is 4.85. The van der Waals surface area contributed by atoms with Gasteiger partial charge in [-0.3, -0.25) is 9.59 Å². The van der Waals surface area contributed by atoms with Gasteiger partial charge in [-0.1, -0.05) is 24.3 Å². The van der Waals surface area contributed by atoms with Crippen molar-refractivity contribution in [2.45, 2.75) is 13.5 Å². The number of nitrogens with zero attached hydrogens (tertiary/aromatic N) is 1. The second-order valence-corrected chi connectivity index (χ2v) is 7.68. The summed E-state index contributed by atoms with van der Waals surface area (Å²) >= 11 is 1.38. The minimum absolute atomic E-state index is 0.145. The number of methoxy groups -OCH3 is 1. The van der Waals surface area contributed by atoms with E-state index in [2.05, 4.69) is 4.98 Å². The maximum Gasteiger partial charge on any atom is 0.268 e. The Balaban J connectivity index is 1.77. The van der Waals surface area contributed by atoms with E-state index >= 15 is 0 Å². The Morgan fingerprint density at radius 2 is 1.90 bits per heavy atom. The van der Waals surface area contributed by atoms with Crippen LogP contribution in [0.4, 0.5) is 5.69 Å². The molecule has 0 spiro atoms. The number of aromatic nitrogens is 1. The lowest BCUT2D eigenvalue weighted by Crippen LogP contribution is -2.32. The van der Waals surface area contributed by atoms with Crippen LogP contribution in [0.5, 0.6) is 5.75 Å². The Bertz CT molecular complexity index is 1210. The number of hydrogen-bond acceptors (Lipinski definition) is 4. The zero-order chi connectivity index (χ0) is 20.4. The molecule has 0 aliphatic carbocycles. The number of anilines is 1. The number of thiophene rings is 1. The Morgan fingerprint density at radius 1 is 1.10 bits per heavy atom. The molecule has 1 N–H and O–H groups in total. The Kier molecular flexibility index (Phi) is 5.18. The number of nitrogens with one attached hydrogen (secondary N) is 1. The SMILES string of the molecule is COc1ccc(N(Cc2cc3cccc(C)c3[nH]c2=O)C(=O)c2cccs2)cc1. The summed E-state index contributed by atoms with van der Waals surface area (Å²) in [4.78, 5) is 31.1. The van der Waals surface area contributed by atoms with E-state index in [1.165, 1.54) is 11.3 Å². The number of aryl methyl sites for hydroxylation is 1. The summed E-state index contributed by atoms with van der Waals surface area (Å²) in [6, 6.07) is 18.6. The van der Waals surface area contributed by atoms with Crippen molar-refractivity contribution >= 4 is 33.8 Å². The third kappa shape index (κ3) is 3.79. The normalized spacial score (nSPS) is 10.8. The molecule has 146 valence electrons. The third-order valence-corrected chi connectivity index (χ3v) is 5.71. The molecule has 0 atom stereocenters. The van der Waals surface area contributed by atoms with Crippen LogP contribution in [-0.2, 0) is 6.54 Å². The van der Waals surface area contributed by atoms with Gasteiger partial charge in [0, 0.05) is 11.3 Å². The number of carbonyl (C=O) groups is 1. The highest BCUT2D eigenvalue weighted by atomic mass is 32.1. The molecule has 5 nitrogen and oxygen atoms in total. The highest BCUT2D eigenvalue weighted by molar-refractivity contribution is 7.12. The summed E-state index contributed by atoms with van der Waals surface area (Å²) < 4.78 is 5.22. The molecule has 29 heavy (non-hydrogen) atoms. The number of hydrogen-bond donors (Lipinski definition) is 1. The van der Waals surface area contributed by atoms with Crippen LogP contribution < -0.4 is 15.2 Å². The standard InChI is InChI=1S/C23H20N2O3S/c1-15-5-3-6-16-13-17(22(26)24-21(15)16)14-25(23(27)20-7-4-12-29-20)18-8-10-19(28-2)11-9-18/h3-13H,14H2,1-2H3,(H,24,26). The Morgan fingerprint density at radius 3 is 2.59 bits per heavy atom. The van der Waals surface area contributed by atoms with Crippen molar-refractivity contribution in [2.75, 3.05) is 12.0 Å². The number of rotatable bonds is 5. The van der Waals surface area contributed by atoms with Gasteiger partial charge in [0.05, 0.1) is 24.0 Å². The highest BCUT2D eigenvalue weighted by Gasteiger charge is 2.21. The molecule has 0 aliphatic rings. The van der Waals surface area contributed by atoms with Crippen LogP contribution in [-0.4, -0.2) is 18.0 Å². The molecule has 0 fully saturated rings. The van der Waals surface area contributed by atoms with Crippen molar-refractivity contribution in [1.29, 1.82) is 0 Å². The number of para-hydroxylation sites is 1. The fraction of sp³-hybridized carbons (Fsp3) is 0.130. The summed E-state index contributed by atoms with van der Waals surface area (Å²) in [7, 11) is 1.60. The van der Waals surface area contributed by atoms with Crippen LogP contribution in [0, 0.1) is 6.92 Å². The maximum atomic E-state index is 13.2. The molecule has 0 saturated carbocycles. The van der Waals surface area contributed by atoms with Crippen LogP contribution in [0.15, 0.2) is 70.8 Å². The number of pyridine rings is 1. The topological polar surface area (TPSA) is 62.4 Å². The van der Waals surface area contributed by atoms with E-state index in [0.717, 1.165) is 16.5 Å². The van der Waals surface area contributed by atoms with Gasteiger partial charge in [0.2, 0.25) is 0 Å². The van der Waals surface area contributed by atoms with Crippen LogP contribution in [0.1, 0.15) is 20.8 Å². The van der Waals surface area contributed by atoms with Crippen LogP contribution in [0.2, 0.25) is 0 Å². The van der Waals surface area contributed by atoms with Crippen molar-refractivity contribution in [2.24, 2.45) is 0 Å². The first kappa shape index (κ1) is 19.0. The van der Waals surface area contributed by atoms with E-state index < -0.39 is 0 Å². The lowest BCUT2D eigenvalue weighted by Gasteiger charge is -2.22. The van der Waals surface area contributed by atoms with Gasteiger partial charge in [0.1, 0.15) is 5.75 Å². The molecule has 4 aromatic rings. The van der Waals surface area contributed by atoms with Gasteiger partial charge in [0.25, 0.3) is 11.5 Å². The lowest BCUT2D eigenvalue weighted by molar-refractivity contribution is 0.0989. The summed E-state index contributed by atoms with van der Waals surface area (Å²) in [6.07, 6.45) is 0. The van der Waals surface area contributed by atoms with Crippen molar-refractivity contribution in [1.82, 2.24) is 4.98 Å². The predicted molar refractivity (Wildman–Crippen MR) is 117 cm³/mol. The van der Waals surface area contributed by atoms with E-state index in [0.29, 0.717) is 21.9 Å². The van der Waals surface area contributed by atoms with Crippen molar-refractivity contribution in [3.8, 4) is 5.75 Å².